The Morgan fingerprint density at radius 2 is 1.73 bits per heavy atom. The fraction of sp³-hybridized carbons (Fsp3) is 0.778. The molecule has 0 amide bonds. The molecule has 0 heterocycles. The van der Waals surface area contributed by atoms with E-state index in [2.05, 4.69) is 99.4 Å². The first kappa shape index (κ1) is 33.6. The van der Waals surface area contributed by atoms with Crippen LogP contribution in [0, 0.1) is 29.1 Å². The molecule has 3 nitrogen and oxygen atoms in total. The van der Waals surface area contributed by atoms with Gasteiger partial charge in [-0.05, 0) is 112 Å². The molecule has 0 unspecified atom stereocenters. The van der Waals surface area contributed by atoms with Gasteiger partial charge in [-0.25, -0.2) is 0 Å². The fourth-order valence-electron chi connectivity index (χ4n) is 7.27. The number of allylic oxidation sites excluding steroid dienone is 5. The number of ether oxygens (including phenoxy) is 2. The van der Waals surface area contributed by atoms with Gasteiger partial charge in [0.05, 0.1) is 5.60 Å². The van der Waals surface area contributed by atoms with E-state index in [4.69, 9.17) is 13.9 Å². The van der Waals surface area contributed by atoms with Gasteiger partial charge in [-0.15, -0.1) is 0 Å². The lowest BCUT2D eigenvalue weighted by atomic mass is 9.61. The van der Waals surface area contributed by atoms with Crippen LogP contribution >= 0.6 is 0 Å². The van der Waals surface area contributed by atoms with Crippen LogP contribution < -0.4 is 0 Å². The van der Waals surface area contributed by atoms with E-state index in [1.165, 1.54) is 43.3 Å². The van der Waals surface area contributed by atoms with Gasteiger partial charge in [0.1, 0.15) is 6.79 Å². The highest BCUT2D eigenvalue weighted by molar-refractivity contribution is 6.74. The first-order valence-corrected chi connectivity index (χ1v) is 19.0. The predicted octanol–water partition coefficient (Wildman–Crippen LogP) is 10.4. The molecule has 0 aromatic carbocycles. The molecule has 3 saturated carbocycles. The Labute approximate surface area is 249 Å². The van der Waals surface area contributed by atoms with Gasteiger partial charge in [-0.2, -0.15) is 0 Å². The minimum Gasteiger partial charge on any atom is -0.414 e. The van der Waals surface area contributed by atoms with E-state index >= 15 is 0 Å². The normalized spacial score (nSPS) is 32.2. The average Bonchev–Trinajstić information content (AvgIpc) is 3.22. The summed E-state index contributed by atoms with van der Waals surface area (Å²) in [5.74, 6) is 2.33. The topological polar surface area (TPSA) is 27.7 Å². The van der Waals surface area contributed by atoms with Crippen LogP contribution in [0.15, 0.2) is 47.6 Å². The minimum atomic E-state index is -1.77. The zero-order chi connectivity index (χ0) is 29.9. The van der Waals surface area contributed by atoms with E-state index in [-0.39, 0.29) is 10.6 Å². The molecule has 0 bridgehead atoms. The van der Waals surface area contributed by atoms with Gasteiger partial charge in [-0.1, -0.05) is 83.6 Å². The molecule has 3 rings (SSSR count). The Morgan fingerprint density at radius 1 is 1.02 bits per heavy atom. The van der Waals surface area contributed by atoms with Gasteiger partial charge in [0, 0.05) is 19.1 Å². The zero-order valence-corrected chi connectivity index (χ0v) is 29.0. The summed E-state index contributed by atoms with van der Waals surface area (Å²) in [5, 5.41) is 0.247. The molecule has 0 aromatic rings. The molecular formula is C36H62O3Si. The van der Waals surface area contributed by atoms with E-state index in [0.717, 1.165) is 25.2 Å². The third-order valence-corrected chi connectivity index (χ3v) is 16.0. The summed E-state index contributed by atoms with van der Waals surface area (Å²) in [4.78, 5) is 0. The average molecular weight is 571 g/mol. The van der Waals surface area contributed by atoms with Crippen LogP contribution in [0.1, 0.15) is 107 Å². The number of rotatable bonds is 10. The summed E-state index contributed by atoms with van der Waals surface area (Å²) in [6, 6.07) is 0. The number of hydrogen-bond donors (Lipinski definition) is 0. The van der Waals surface area contributed by atoms with Crippen LogP contribution in [0.25, 0.3) is 0 Å². The quantitative estimate of drug-likeness (QED) is 0.148. The molecule has 0 aromatic heterocycles. The highest BCUT2D eigenvalue weighted by Gasteiger charge is 2.50. The monoisotopic (exact) mass is 570 g/mol. The maximum Gasteiger partial charge on any atom is 0.192 e. The number of methoxy groups -OCH3 is 1. The molecule has 4 heteroatoms. The van der Waals surface area contributed by atoms with Gasteiger partial charge in [0.2, 0.25) is 0 Å². The van der Waals surface area contributed by atoms with Gasteiger partial charge >= 0.3 is 0 Å². The van der Waals surface area contributed by atoms with Gasteiger partial charge in [-0.3, -0.25) is 0 Å². The second kappa shape index (κ2) is 13.1. The number of fused-ring (bicyclic) bond motifs is 1. The lowest BCUT2D eigenvalue weighted by Crippen LogP contribution is -2.44. The van der Waals surface area contributed by atoms with Gasteiger partial charge in [0.15, 0.2) is 8.32 Å². The summed E-state index contributed by atoms with van der Waals surface area (Å²) in [6.45, 7) is 28.2. The molecule has 0 N–H and O–H groups in total. The van der Waals surface area contributed by atoms with Crippen molar-refractivity contribution in [1.29, 1.82) is 0 Å². The highest BCUT2D eigenvalue weighted by atomic mass is 28.4. The molecule has 0 spiro atoms. The van der Waals surface area contributed by atoms with E-state index in [0.29, 0.717) is 36.1 Å². The standard InChI is InChI=1S/C36H62O3Si/c1-26-16-20-31(39-40(11,12)34(4,5)6)24-30(26)19-18-29-14-13-23-36(9)32(21-22-33(29)36)27(2)15-17-28(3)35(7,8)38-25-37-10/h15,17-19,27-28,31-33H,1,13-14,16,20-25H2,2-12H3/b17-15+,29-18+,30-19-/t27-,28+,31+,32+,33-,36+/m1/s1. The Hall–Kier alpha value is -0.943. The van der Waals surface area contributed by atoms with Crippen molar-refractivity contribution in [3.63, 3.8) is 0 Å². The largest absolute Gasteiger partial charge is 0.414 e. The van der Waals surface area contributed by atoms with Crippen LogP contribution in [0.5, 0.6) is 0 Å². The fourth-order valence-corrected chi connectivity index (χ4v) is 8.66. The second-order valence-electron chi connectivity index (χ2n) is 15.6. The first-order chi connectivity index (χ1) is 18.5. The maximum absolute atomic E-state index is 6.84. The van der Waals surface area contributed by atoms with Gasteiger partial charge < -0.3 is 13.9 Å². The SMILES string of the molecule is C=C1CC[C@H](O[Si](C)(C)C(C)(C)C)C/C1=C/C=C1\CCC[C@]2(C)[C@@H]1CC[C@H]2[C@H](C)/C=C/[C@H](C)C(C)(C)OCOC. The summed E-state index contributed by atoms with van der Waals surface area (Å²) < 4.78 is 17.9. The maximum atomic E-state index is 6.84. The molecule has 0 radical (unpaired) electrons. The van der Waals surface area contributed by atoms with E-state index in [1.54, 1.807) is 12.7 Å². The van der Waals surface area contributed by atoms with Crippen molar-refractivity contribution in [3.05, 3.63) is 47.6 Å². The lowest BCUT2D eigenvalue weighted by Gasteiger charge is -2.44. The summed E-state index contributed by atoms with van der Waals surface area (Å²) in [5.41, 5.74) is 4.57. The molecule has 3 aliphatic carbocycles. The van der Waals surface area contributed by atoms with Crippen molar-refractivity contribution in [2.45, 2.75) is 137 Å². The number of hydrogen-bond acceptors (Lipinski definition) is 3. The van der Waals surface area contributed by atoms with Crippen molar-refractivity contribution >= 4 is 8.32 Å². The van der Waals surface area contributed by atoms with E-state index in [9.17, 15) is 0 Å². The van der Waals surface area contributed by atoms with Crippen LogP contribution in [-0.4, -0.2) is 33.9 Å². The van der Waals surface area contributed by atoms with Crippen molar-refractivity contribution in [2.75, 3.05) is 13.9 Å². The van der Waals surface area contributed by atoms with Crippen molar-refractivity contribution < 1.29 is 13.9 Å². The van der Waals surface area contributed by atoms with Crippen LogP contribution in [-0.2, 0) is 13.9 Å². The molecular weight excluding hydrogens is 508 g/mol. The van der Waals surface area contributed by atoms with Crippen molar-refractivity contribution in [3.8, 4) is 0 Å². The minimum absolute atomic E-state index is 0.236. The summed E-state index contributed by atoms with van der Waals surface area (Å²) >= 11 is 0. The highest BCUT2D eigenvalue weighted by Crippen LogP contribution is 2.59. The summed E-state index contributed by atoms with van der Waals surface area (Å²) in [6.07, 6.45) is 19.9. The molecule has 40 heavy (non-hydrogen) atoms. The van der Waals surface area contributed by atoms with Crippen LogP contribution in [0.4, 0.5) is 0 Å². The molecule has 3 fully saturated rings. The molecule has 6 atom stereocenters. The molecule has 228 valence electrons. The molecule has 0 aliphatic heterocycles. The van der Waals surface area contributed by atoms with Crippen LogP contribution in [0.2, 0.25) is 18.1 Å². The van der Waals surface area contributed by atoms with Crippen molar-refractivity contribution in [2.24, 2.45) is 29.1 Å². The lowest BCUT2D eigenvalue weighted by molar-refractivity contribution is -0.128. The van der Waals surface area contributed by atoms with Gasteiger partial charge in [0.25, 0.3) is 0 Å². The zero-order valence-electron chi connectivity index (χ0n) is 28.0. The predicted molar refractivity (Wildman–Crippen MR) is 174 cm³/mol. The van der Waals surface area contributed by atoms with Crippen LogP contribution in [0.3, 0.4) is 0 Å². The first-order valence-electron chi connectivity index (χ1n) is 16.1. The third-order valence-electron chi connectivity index (χ3n) is 11.5. The Kier molecular flexibility index (Phi) is 11.0. The second-order valence-corrected chi connectivity index (χ2v) is 20.3. The molecule has 0 saturated heterocycles. The Balaban J connectivity index is 1.71. The van der Waals surface area contributed by atoms with E-state index < -0.39 is 8.32 Å². The smallest absolute Gasteiger partial charge is 0.192 e. The third kappa shape index (κ3) is 7.71. The molecule has 3 aliphatic rings. The van der Waals surface area contributed by atoms with E-state index in [1.807, 2.05) is 0 Å². The van der Waals surface area contributed by atoms with Crippen molar-refractivity contribution in [1.82, 2.24) is 0 Å². The Bertz CT molecular complexity index is 965. The summed E-state index contributed by atoms with van der Waals surface area (Å²) in [7, 11) is -0.0801. The Morgan fingerprint density at radius 3 is 2.38 bits per heavy atom.